The van der Waals surface area contributed by atoms with Gasteiger partial charge in [0.2, 0.25) is 6.16 Å². The van der Waals surface area contributed by atoms with Crippen LogP contribution in [0.25, 0.3) is 0 Å². The zero-order valence-corrected chi connectivity index (χ0v) is 3.56. The van der Waals surface area contributed by atoms with E-state index in [2.05, 4.69) is 0 Å². The average molecular weight is 88.0 g/mol. The van der Waals surface area contributed by atoms with Gasteiger partial charge >= 0.3 is 8.46 Å². The Morgan fingerprint density at radius 2 is 2.60 bits per heavy atom. The molecule has 0 rings (SSSR count). The molecule has 5 heavy (non-hydrogen) atoms. The fraction of sp³-hybridized carbons (Fsp3) is 0.500. The standard InChI is InChI=1S/C2H2NOP/c3-1-2-5-4/h2H2/p+1. The molecule has 0 spiro atoms. The third kappa shape index (κ3) is 3.59. The number of hydrogen-bond acceptors (Lipinski definition) is 2. The zero-order chi connectivity index (χ0) is 4.12. The number of rotatable bonds is 1. The Labute approximate surface area is 31.6 Å². The van der Waals surface area contributed by atoms with Crippen LogP contribution in [-0.2, 0) is 4.57 Å². The fourth-order valence-electron chi connectivity index (χ4n) is 0.0323. The van der Waals surface area contributed by atoms with Crippen molar-refractivity contribution in [3.63, 3.8) is 0 Å². The van der Waals surface area contributed by atoms with Crippen molar-refractivity contribution in [2.24, 2.45) is 0 Å². The molecule has 0 aromatic heterocycles. The summed E-state index contributed by atoms with van der Waals surface area (Å²) in [6, 6.07) is 1.72. The molecule has 0 saturated carbocycles. The summed E-state index contributed by atoms with van der Waals surface area (Å²) >= 11 is 0. The van der Waals surface area contributed by atoms with E-state index in [0.29, 0.717) is 0 Å². The van der Waals surface area contributed by atoms with Gasteiger partial charge in [0.05, 0.1) is 0 Å². The van der Waals surface area contributed by atoms with E-state index >= 15 is 0 Å². The van der Waals surface area contributed by atoms with Crippen LogP contribution >= 0.6 is 8.46 Å². The molecular formula is C2H3NOP+. The molecule has 0 aliphatic heterocycles. The Balaban J connectivity index is 2.75. The van der Waals surface area contributed by atoms with Crippen molar-refractivity contribution < 1.29 is 4.57 Å². The Morgan fingerprint density at radius 3 is 2.60 bits per heavy atom. The van der Waals surface area contributed by atoms with Gasteiger partial charge in [0.1, 0.15) is 6.07 Å². The summed E-state index contributed by atoms with van der Waals surface area (Å²) in [7, 11) is -0.453. The highest BCUT2D eigenvalue weighted by atomic mass is 31.1. The van der Waals surface area contributed by atoms with Crippen molar-refractivity contribution in [1.29, 1.82) is 5.26 Å². The van der Waals surface area contributed by atoms with Crippen molar-refractivity contribution in [3.05, 3.63) is 0 Å². The van der Waals surface area contributed by atoms with E-state index in [9.17, 15) is 4.57 Å². The molecule has 0 radical (unpaired) electrons. The zero-order valence-electron chi connectivity index (χ0n) is 2.56. The average Bonchev–Trinajstić information content (AvgIpc) is 1.41. The quantitative estimate of drug-likeness (QED) is 0.439. The van der Waals surface area contributed by atoms with Gasteiger partial charge in [-0.15, -0.1) is 0 Å². The summed E-state index contributed by atoms with van der Waals surface area (Å²) in [6.07, 6.45) is 0.167. The summed E-state index contributed by atoms with van der Waals surface area (Å²) in [5.74, 6) is 0. The first kappa shape index (κ1) is 4.59. The van der Waals surface area contributed by atoms with Gasteiger partial charge in [-0.1, -0.05) is 4.57 Å². The summed E-state index contributed by atoms with van der Waals surface area (Å²) < 4.78 is 9.34. The second kappa shape index (κ2) is 3.59. The van der Waals surface area contributed by atoms with Gasteiger partial charge in [-0.25, -0.2) is 0 Å². The summed E-state index contributed by atoms with van der Waals surface area (Å²) in [5, 5.41) is 7.62. The minimum atomic E-state index is -0.453. The molecule has 26 valence electrons. The van der Waals surface area contributed by atoms with Gasteiger partial charge in [0, 0.05) is 0 Å². The van der Waals surface area contributed by atoms with Crippen LogP contribution in [-0.4, -0.2) is 6.16 Å². The minimum Gasteiger partial charge on any atom is -0.194 e. The third-order valence-electron chi connectivity index (χ3n) is 0.151. The van der Waals surface area contributed by atoms with E-state index in [1.54, 1.807) is 6.07 Å². The lowest BCUT2D eigenvalue weighted by molar-refractivity contribution is 0.600. The van der Waals surface area contributed by atoms with Crippen molar-refractivity contribution in [2.45, 2.75) is 0 Å². The van der Waals surface area contributed by atoms with Crippen molar-refractivity contribution in [3.8, 4) is 6.07 Å². The van der Waals surface area contributed by atoms with E-state index in [0.717, 1.165) is 0 Å². The molecule has 0 bridgehead atoms. The molecule has 0 aromatic carbocycles. The second-order valence-corrected chi connectivity index (χ2v) is 1.12. The van der Waals surface area contributed by atoms with Gasteiger partial charge < -0.3 is 0 Å². The van der Waals surface area contributed by atoms with E-state index in [4.69, 9.17) is 5.26 Å². The van der Waals surface area contributed by atoms with Crippen LogP contribution < -0.4 is 0 Å². The van der Waals surface area contributed by atoms with Gasteiger partial charge in [-0.3, -0.25) is 0 Å². The molecule has 0 N–H and O–H groups in total. The van der Waals surface area contributed by atoms with E-state index in [1.807, 2.05) is 0 Å². The maximum Gasteiger partial charge on any atom is 0.339 e. The van der Waals surface area contributed by atoms with E-state index in [-0.39, 0.29) is 6.16 Å². The molecule has 0 fully saturated rings. The molecule has 0 saturated heterocycles. The van der Waals surface area contributed by atoms with Crippen LogP contribution in [0.5, 0.6) is 0 Å². The lowest BCUT2D eigenvalue weighted by atomic mass is 10.9. The SMILES string of the molecule is N#CC[PH+]=O. The third-order valence-corrected chi connectivity index (χ3v) is 0.454. The summed E-state index contributed by atoms with van der Waals surface area (Å²) in [6.45, 7) is 0. The minimum absolute atomic E-state index is 0.167. The predicted molar refractivity (Wildman–Crippen MR) is 19.5 cm³/mol. The molecule has 0 amide bonds. The summed E-state index contributed by atoms with van der Waals surface area (Å²) in [5.41, 5.74) is 0. The topological polar surface area (TPSA) is 40.9 Å². The van der Waals surface area contributed by atoms with Crippen LogP contribution in [0.4, 0.5) is 0 Å². The Kier molecular flexibility index (Phi) is 3.30. The van der Waals surface area contributed by atoms with Crippen molar-refractivity contribution >= 4 is 8.46 Å². The largest absolute Gasteiger partial charge is 0.339 e. The lowest BCUT2D eigenvalue weighted by Crippen LogP contribution is -1.49. The second-order valence-electron chi connectivity index (χ2n) is 0.479. The first-order chi connectivity index (χ1) is 2.41. The molecule has 2 nitrogen and oxygen atoms in total. The highest BCUT2D eigenvalue weighted by molar-refractivity contribution is 7.24. The fourth-order valence-corrected chi connectivity index (χ4v) is 0.0968. The first-order valence-electron chi connectivity index (χ1n) is 1.13. The van der Waals surface area contributed by atoms with E-state index < -0.39 is 8.46 Å². The van der Waals surface area contributed by atoms with Gasteiger partial charge in [-0.05, 0) is 0 Å². The lowest BCUT2D eigenvalue weighted by Gasteiger charge is -1.37. The van der Waals surface area contributed by atoms with Crippen LogP contribution in [0.15, 0.2) is 0 Å². The van der Waals surface area contributed by atoms with Gasteiger partial charge in [0.15, 0.2) is 0 Å². The predicted octanol–water partition coefficient (Wildman–Crippen LogP) is 0.534. The molecule has 1 unspecified atom stereocenters. The number of nitrogens with zero attached hydrogens (tertiary/aromatic N) is 1. The van der Waals surface area contributed by atoms with Crippen molar-refractivity contribution in [1.82, 2.24) is 0 Å². The molecule has 0 aliphatic carbocycles. The molecule has 3 heteroatoms. The van der Waals surface area contributed by atoms with Gasteiger partial charge in [0.25, 0.3) is 0 Å². The van der Waals surface area contributed by atoms with Crippen molar-refractivity contribution in [2.75, 3.05) is 6.16 Å². The Morgan fingerprint density at radius 1 is 2.00 bits per heavy atom. The van der Waals surface area contributed by atoms with Gasteiger partial charge in [-0.2, -0.15) is 5.26 Å². The first-order valence-corrected chi connectivity index (χ1v) is 2.25. The van der Waals surface area contributed by atoms with Crippen LogP contribution in [0.1, 0.15) is 0 Å². The normalized spacial score (nSPS) is 7.00. The Hall–Kier alpha value is -0.410. The van der Waals surface area contributed by atoms with E-state index in [1.165, 1.54) is 0 Å². The molecule has 0 aromatic rings. The molecule has 1 atom stereocenters. The summed E-state index contributed by atoms with van der Waals surface area (Å²) in [4.78, 5) is 0. The van der Waals surface area contributed by atoms with Crippen LogP contribution in [0, 0.1) is 11.3 Å². The molecule has 0 aliphatic rings. The van der Waals surface area contributed by atoms with Crippen LogP contribution in [0.2, 0.25) is 0 Å². The highest BCUT2D eigenvalue weighted by Crippen LogP contribution is 1.83. The Bertz CT molecular complexity index is 64.5. The van der Waals surface area contributed by atoms with Crippen LogP contribution in [0.3, 0.4) is 0 Å². The maximum absolute atomic E-state index is 9.34. The molecule has 0 heterocycles. The maximum atomic E-state index is 9.34. The monoisotopic (exact) mass is 88.0 g/mol. The smallest absolute Gasteiger partial charge is 0.194 e. The molecular weight excluding hydrogens is 85.0 g/mol. The number of hydrogen-bond donors (Lipinski definition) is 0. The highest BCUT2D eigenvalue weighted by Gasteiger charge is 1.77. The number of nitriles is 1.